The van der Waals surface area contributed by atoms with E-state index in [1.165, 1.54) is 52.8 Å². The minimum absolute atomic E-state index is 0.431. The maximum Gasteiger partial charge on any atom is 0.0555 e. The fourth-order valence-electron chi connectivity index (χ4n) is 3.13. The number of fused-ring (bicyclic) bond motifs is 1. The Morgan fingerprint density at radius 1 is 1.05 bits per heavy atom. The lowest BCUT2D eigenvalue weighted by molar-refractivity contribution is 0.792. The summed E-state index contributed by atoms with van der Waals surface area (Å²) in [6, 6.07) is 14.2. The van der Waals surface area contributed by atoms with Crippen LogP contribution in [-0.2, 0) is 12.8 Å². The molecular weight excluding hydrogens is 254 g/mol. The molecule has 0 radical (unpaired) electrons. The molecule has 1 atom stereocenters. The molecule has 0 saturated heterocycles. The van der Waals surface area contributed by atoms with E-state index >= 15 is 0 Å². The van der Waals surface area contributed by atoms with Crippen molar-refractivity contribution in [3.05, 3.63) is 64.2 Å². The van der Waals surface area contributed by atoms with Gasteiger partial charge in [0.05, 0.1) is 6.04 Å². The monoisotopic (exact) mass is 279 g/mol. The van der Waals surface area contributed by atoms with Gasteiger partial charge in [-0.15, -0.1) is 0 Å². The van der Waals surface area contributed by atoms with Crippen LogP contribution in [0.25, 0.3) is 0 Å². The Hall–Kier alpha value is -1.76. The number of benzene rings is 2. The Kier molecular flexibility index (Phi) is 4.01. The minimum Gasteiger partial charge on any atom is -0.378 e. The fraction of sp³-hybridized carbons (Fsp3) is 0.400. The van der Waals surface area contributed by atoms with Crippen molar-refractivity contribution in [2.24, 2.45) is 0 Å². The van der Waals surface area contributed by atoms with E-state index in [2.05, 4.69) is 62.5 Å². The molecule has 1 unspecified atom stereocenters. The zero-order chi connectivity index (χ0) is 14.8. The van der Waals surface area contributed by atoms with Crippen LogP contribution in [0.15, 0.2) is 36.4 Å². The highest BCUT2D eigenvalue weighted by Crippen LogP contribution is 2.35. The number of unbranched alkanes of at least 4 members (excludes halogenated alkanes) is 1. The third-order valence-corrected chi connectivity index (χ3v) is 4.68. The van der Waals surface area contributed by atoms with Crippen molar-refractivity contribution in [2.45, 2.75) is 52.5 Å². The molecule has 21 heavy (non-hydrogen) atoms. The topological polar surface area (TPSA) is 12.0 Å². The molecule has 1 aliphatic rings. The molecule has 0 aromatic heterocycles. The molecule has 1 aliphatic heterocycles. The molecule has 0 saturated carbocycles. The van der Waals surface area contributed by atoms with Crippen LogP contribution < -0.4 is 5.32 Å². The molecule has 2 aromatic carbocycles. The van der Waals surface area contributed by atoms with Crippen LogP contribution in [0.4, 0.5) is 5.69 Å². The lowest BCUT2D eigenvalue weighted by atomic mass is 9.98. The molecule has 0 aliphatic carbocycles. The third-order valence-electron chi connectivity index (χ3n) is 4.68. The quantitative estimate of drug-likeness (QED) is 0.795. The molecule has 1 N–H and O–H groups in total. The summed E-state index contributed by atoms with van der Waals surface area (Å²) in [6.07, 6.45) is 4.86. The summed E-state index contributed by atoms with van der Waals surface area (Å²) >= 11 is 0. The van der Waals surface area contributed by atoms with Crippen LogP contribution in [0.2, 0.25) is 0 Å². The number of anilines is 1. The van der Waals surface area contributed by atoms with Crippen molar-refractivity contribution in [2.75, 3.05) is 5.32 Å². The lowest BCUT2D eigenvalue weighted by Crippen LogP contribution is -2.06. The highest BCUT2D eigenvalue weighted by molar-refractivity contribution is 5.59. The summed E-state index contributed by atoms with van der Waals surface area (Å²) in [6.45, 7) is 6.63. The molecule has 0 spiro atoms. The van der Waals surface area contributed by atoms with E-state index in [-0.39, 0.29) is 0 Å². The molecule has 1 nitrogen and oxygen atoms in total. The highest BCUT2D eigenvalue weighted by atomic mass is 14.9. The second-order valence-electron chi connectivity index (χ2n) is 6.34. The average molecular weight is 279 g/mol. The highest BCUT2D eigenvalue weighted by Gasteiger charge is 2.22. The van der Waals surface area contributed by atoms with Crippen molar-refractivity contribution in [1.29, 1.82) is 0 Å². The number of rotatable bonds is 4. The predicted octanol–water partition coefficient (Wildman–Crippen LogP) is 5.36. The van der Waals surface area contributed by atoms with Crippen molar-refractivity contribution >= 4 is 5.69 Å². The smallest absolute Gasteiger partial charge is 0.0555 e. The number of nitrogens with one attached hydrogen (secondary N) is 1. The van der Waals surface area contributed by atoms with Crippen LogP contribution in [0.1, 0.15) is 53.6 Å². The van der Waals surface area contributed by atoms with Gasteiger partial charge in [0.15, 0.2) is 0 Å². The summed E-state index contributed by atoms with van der Waals surface area (Å²) in [5.41, 5.74) is 8.44. The van der Waals surface area contributed by atoms with Gasteiger partial charge in [-0.1, -0.05) is 43.7 Å². The van der Waals surface area contributed by atoms with Crippen LogP contribution in [0.5, 0.6) is 0 Å². The molecule has 2 aromatic rings. The van der Waals surface area contributed by atoms with Gasteiger partial charge in [0.2, 0.25) is 0 Å². The van der Waals surface area contributed by atoms with E-state index in [1.807, 2.05) is 0 Å². The van der Waals surface area contributed by atoms with Crippen LogP contribution >= 0.6 is 0 Å². The first-order chi connectivity index (χ1) is 10.2. The molecule has 3 rings (SSSR count). The van der Waals surface area contributed by atoms with Crippen molar-refractivity contribution < 1.29 is 0 Å². The standard InChI is InChI=1S/C20H25N/c1-4-5-6-16-8-10-19-18(12-16)13-20(21-19)17-9-7-14(2)15(3)11-17/h7-12,20-21H,4-6,13H2,1-3H3. The Balaban J connectivity index is 1.78. The zero-order valence-corrected chi connectivity index (χ0v) is 13.4. The van der Waals surface area contributed by atoms with E-state index in [0.717, 1.165) is 6.42 Å². The molecule has 1 heterocycles. The van der Waals surface area contributed by atoms with E-state index in [4.69, 9.17) is 0 Å². The fourth-order valence-corrected chi connectivity index (χ4v) is 3.13. The van der Waals surface area contributed by atoms with Crippen molar-refractivity contribution in [3.63, 3.8) is 0 Å². The Morgan fingerprint density at radius 2 is 1.90 bits per heavy atom. The van der Waals surface area contributed by atoms with Crippen LogP contribution in [0, 0.1) is 13.8 Å². The molecule has 0 bridgehead atoms. The lowest BCUT2D eigenvalue weighted by Gasteiger charge is -2.13. The van der Waals surface area contributed by atoms with Gasteiger partial charge in [-0.3, -0.25) is 0 Å². The first-order valence-electron chi connectivity index (χ1n) is 8.13. The predicted molar refractivity (Wildman–Crippen MR) is 91.0 cm³/mol. The Morgan fingerprint density at radius 3 is 2.67 bits per heavy atom. The van der Waals surface area contributed by atoms with Gasteiger partial charge < -0.3 is 5.32 Å². The van der Waals surface area contributed by atoms with Crippen LogP contribution in [0.3, 0.4) is 0 Å². The molecular formula is C20H25N. The minimum atomic E-state index is 0.431. The molecule has 0 fully saturated rings. The zero-order valence-electron chi connectivity index (χ0n) is 13.4. The summed E-state index contributed by atoms with van der Waals surface area (Å²) in [7, 11) is 0. The van der Waals surface area contributed by atoms with E-state index in [0.29, 0.717) is 6.04 Å². The van der Waals surface area contributed by atoms with Crippen molar-refractivity contribution in [1.82, 2.24) is 0 Å². The van der Waals surface area contributed by atoms with Gasteiger partial charge in [-0.2, -0.15) is 0 Å². The third kappa shape index (κ3) is 2.97. The Labute approximate surface area is 128 Å². The number of hydrogen-bond acceptors (Lipinski definition) is 1. The van der Waals surface area contributed by atoms with Crippen molar-refractivity contribution in [3.8, 4) is 0 Å². The molecule has 110 valence electrons. The Bertz CT molecular complexity index is 642. The maximum atomic E-state index is 3.68. The van der Waals surface area contributed by atoms with Gasteiger partial charge in [-0.25, -0.2) is 0 Å². The number of hydrogen-bond donors (Lipinski definition) is 1. The van der Waals surface area contributed by atoms with E-state index in [9.17, 15) is 0 Å². The molecule has 1 heteroatoms. The first-order valence-corrected chi connectivity index (χ1v) is 8.13. The summed E-state index contributed by atoms with van der Waals surface area (Å²) in [5, 5.41) is 3.68. The maximum absolute atomic E-state index is 3.68. The second kappa shape index (κ2) is 5.93. The largest absolute Gasteiger partial charge is 0.378 e. The normalized spacial score (nSPS) is 16.6. The second-order valence-corrected chi connectivity index (χ2v) is 6.34. The first kappa shape index (κ1) is 14.2. The van der Waals surface area contributed by atoms with Gasteiger partial charge in [0.25, 0.3) is 0 Å². The van der Waals surface area contributed by atoms with Gasteiger partial charge >= 0.3 is 0 Å². The van der Waals surface area contributed by atoms with Gasteiger partial charge in [0, 0.05) is 5.69 Å². The van der Waals surface area contributed by atoms with Gasteiger partial charge in [0.1, 0.15) is 0 Å². The average Bonchev–Trinajstić information content (AvgIpc) is 2.91. The van der Waals surface area contributed by atoms with E-state index in [1.54, 1.807) is 0 Å². The summed E-state index contributed by atoms with van der Waals surface area (Å²) in [5.74, 6) is 0. The summed E-state index contributed by atoms with van der Waals surface area (Å²) in [4.78, 5) is 0. The van der Waals surface area contributed by atoms with Crippen LogP contribution in [-0.4, -0.2) is 0 Å². The van der Waals surface area contributed by atoms with Gasteiger partial charge in [-0.05, 0) is 67.0 Å². The van der Waals surface area contributed by atoms with E-state index < -0.39 is 0 Å². The summed E-state index contributed by atoms with van der Waals surface area (Å²) < 4.78 is 0. The number of aryl methyl sites for hydroxylation is 3. The molecule has 0 amide bonds. The SMILES string of the molecule is CCCCc1ccc2c(c1)CC(c1ccc(C)c(C)c1)N2.